The molecule has 0 aliphatic rings. The summed E-state index contributed by atoms with van der Waals surface area (Å²) in [5.74, 6) is 0.849. The summed E-state index contributed by atoms with van der Waals surface area (Å²) in [6.45, 7) is 8.58. The van der Waals surface area contributed by atoms with E-state index >= 15 is 0 Å². The van der Waals surface area contributed by atoms with Gasteiger partial charge in [-0.05, 0) is 43.9 Å². The first kappa shape index (κ1) is 15.1. The van der Waals surface area contributed by atoms with Gasteiger partial charge in [0.2, 0.25) is 0 Å². The van der Waals surface area contributed by atoms with Crippen LogP contribution in [0.3, 0.4) is 0 Å². The van der Waals surface area contributed by atoms with Gasteiger partial charge in [-0.1, -0.05) is 13.8 Å². The minimum Gasteiger partial charge on any atom is -0.497 e. The van der Waals surface area contributed by atoms with Crippen LogP contribution in [0.2, 0.25) is 0 Å². The first-order valence-corrected chi connectivity index (χ1v) is 7.59. The third-order valence-electron chi connectivity index (χ3n) is 3.61. The van der Waals surface area contributed by atoms with Gasteiger partial charge >= 0.3 is 0 Å². The van der Waals surface area contributed by atoms with E-state index < -0.39 is 0 Å². The Bertz CT molecular complexity index is 617. The number of ether oxygens (including phenoxy) is 1. The number of methoxy groups -OCH3 is 1. The maximum atomic E-state index is 5.43. The maximum absolute atomic E-state index is 5.43. The van der Waals surface area contributed by atoms with Gasteiger partial charge in [-0.15, -0.1) is 0 Å². The molecule has 20 heavy (non-hydrogen) atoms. The molecule has 0 saturated carbocycles. The lowest BCUT2D eigenvalue weighted by atomic mass is 10.3. The minimum absolute atomic E-state index is 0.779. The number of nitrogens with one attached hydrogen (secondary N) is 1. The summed E-state index contributed by atoms with van der Waals surface area (Å²) in [5.41, 5.74) is 2.18. The summed E-state index contributed by atoms with van der Waals surface area (Å²) in [6.07, 6.45) is 1.18. The predicted molar refractivity (Wildman–Crippen MR) is 86.1 cm³/mol. The Labute approximate surface area is 125 Å². The minimum atomic E-state index is 0.779. The number of aromatic nitrogens is 2. The van der Waals surface area contributed by atoms with E-state index in [-0.39, 0.29) is 0 Å². The molecule has 110 valence electrons. The zero-order valence-electron chi connectivity index (χ0n) is 12.5. The Morgan fingerprint density at radius 2 is 2.10 bits per heavy atom. The van der Waals surface area contributed by atoms with E-state index in [4.69, 9.17) is 17.0 Å². The highest BCUT2D eigenvalue weighted by Crippen LogP contribution is 2.20. The third-order valence-corrected chi connectivity index (χ3v) is 3.93. The Morgan fingerprint density at radius 3 is 2.75 bits per heavy atom. The van der Waals surface area contributed by atoms with Gasteiger partial charge in [0.15, 0.2) is 4.77 Å². The van der Waals surface area contributed by atoms with Crippen molar-refractivity contribution in [3.05, 3.63) is 23.0 Å². The Balaban J connectivity index is 2.21. The van der Waals surface area contributed by atoms with Crippen LogP contribution in [0.15, 0.2) is 18.2 Å². The van der Waals surface area contributed by atoms with Crippen LogP contribution in [-0.4, -0.2) is 41.2 Å². The number of hydrogen-bond acceptors (Lipinski definition) is 3. The van der Waals surface area contributed by atoms with Crippen LogP contribution < -0.4 is 4.74 Å². The van der Waals surface area contributed by atoms with E-state index in [1.54, 1.807) is 7.11 Å². The summed E-state index contributed by atoms with van der Waals surface area (Å²) in [4.78, 5) is 5.70. The fourth-order valence-corrected chi connectivity index (χ4v) is 2.78. The highest BCUT2D eigenvalue weighted by Gasteiger charge is 2.07. The van der Waals surface area contributed by atoms with Crippen molar-refractivity contribution in [1.82, 2.24) is 14.5 Å². The van der Waals surface area contributed by atoms with Crippen LogP contribution in [0.25, 0.3) is 11.0 Å². The fourth-order valence-electron chi connectivity index (χ4n) is 2.48. The number of imidazole rings is 1. The van der Waals surface area contributed by atoms with Crippen LogP contribution in [0, 0.1) is 4.77 Å². The molecule has 1 aromatic heterocycles. The molecule has 0 unspecified atom stereocenters. The van der Waals surface area contributed by atoms with E-state index in [1.807, 2.05) is 12.1 Å². The van der Waals surface area contributed by atoms with Gasteiger partial charge < -0.3 is 19.2 Å². The first-order valence-electron chi connectivity index (χ1n) is 7.18. The summed E-state index contributed by atoms with van der Waals surface area (Å²) >= 11 is 5.43. The molecule has 0 saturated heterocycles. The normalized spacial score (nSPS) is 11.4. The lowest BCUT2D eigenvalue weighted by Crippen LogP contribution is -2.28. The van der Waals surface area contributed by atoms with Crippen LogP contribution in [0.1, 0.15) is 20.3 Å². The predicted octanol–water partition coefficient (Wildman–Crippen LogP) is 3.44. The molecule has 0 radical (unpaired) electrons. The smallest absolute Gasteiger partial charge is 0.178 e. The van der Waals surface area contributed by atoms with Crippen LogP contribution in [0.5, 0.6) is 5.75 Å². The molecule has 0 bridgehead atoms. The monoisotopic (exact) mass is 293 g/mol. The van der Waals surface area contributed by atoms with Gasteiger partial charge in [-0.3, -0.25) is 0 Å². The van der Waals surface area contributed by atoms with Crippen molar-refractivity contribution in [1.29, 1.82) is 0 Å². The van der Waals surface area contributed by atoms with Crippen molar-refractivity contribution >= 4 is 23.3 Å². The summed E-state index contributed by atoms with van der Waals surface area (Å²) in [6, 6.07) is 6.03. The molecule has 0 atom stereocenters. The lowest BCUT2D eigenvalue weighted by molar-refractivity contribution is 0.277. The average Bonchev–Trinajstić information content (AvgIpc) is 2.78. The Hall–Kier alpha value is -1.33. The number of H-pyrrole nitrogens is 1. The van der Waals surface area contributed by atoms with E-state index in [0.29, 0.717) is 0 Å². The molecule has 1 N–H and O–H groups in total. The second-order valence-electron chi connectivity index (χ2n) is 4.90. The molecule has 2 aromatic rings. The number of fused-ring (bicyclic) bond motifs is 1. The molecule has 0 aliphatic heterocycles. The maximum Gasteiger partial charge on any atom is 0.178 e. The topological polar surface area (TPSA) is 33.2 Å². The van der Waals surface area contributed by atoms with Crippen LogP contribution in [0.4, 0.5) is 0 Å². The number of nitrogens with zero attached hydrogens (tertiary/aromatic N) is 2. The first-order chi connectivity index (χ1) is 9.69. The second-order valence-corrected chi connectivity index (χ2v) is 5.29. The van der Waals surface area contributed by atoms with Crippen molar-refractivity contribution in [2.45, 2.75) is 26.8 Å². The van der Waals surface area contributed by atoms with Crippen molar-refractivity contribution in [2.24, 2.45) is 0 Å². The van der Waals surface area contributed by atoms with Gasteiger partial charge in [0.25, 0.3) is 0 Å². The van der Waals surface area contributed by atoms with Gasteiger partial charge in [0.1, 0.15) is 5.75 Å². The van der Waals surface area contributed by atoms with E-state index in [1.165, 1.54) is 6.42 Å². The zero-order valence-corrected chi connectivity index (χ0v) is 13.3. The van der Waals surface area contributed by atoms with Gasteiger partial charge in [-0.25, -0.2) is 0 Å². The van der Waals surface area contributed by atoms with Crippen LogP contribution in [-0.2, 0) is 6.54 Å². The molecular weight excluding hydrogens is 270 g/mol. The largest absolute Gasteiger partial charge is 0.497 e. The quantitative estimate of drug-likeness (QED) is 0.794. The summed E-state index contributed by atoms with van der Waals surface area (Å²) in [7, 11) is 1.68. The second kappa shape index (κ2) is 6.90. The molecule has 0 spiro atoms. The Morgan fingerprint density at radius 1 is 1.30 bits per heavy atom. The Kier molecular flexibility index (Phi) is 5.20. The van der Waals surface area contributed by atoms with E-state index in [9.17, 15) is 0 Å². The molecule has 0 aliphatic carbocycles. The standard InChI is InChI=1S/C15H23N3OS/c1-4-8-17(5-2)9-10-18-14-7-6-12(19-3)11-13(14)16-15(18)20/h6-7,11H,4-5,8-10H2,1-3H3,(H,16,20). The lowest BCUT2D eigenvalue weighted by Gasteiger charge is -2.19. The molecule has 1 heterocycles. The highest BCUT2D eigenvalue weighted by atomic mass is 32.1. The number of likely N-dealkylation sites (N-methyl/N-ethyl adjacent to an activating group) is 1. The number of hydrogen-bond donors (Lipinski definition) is 1. The van der Waals surface area contributed by atoms with E-state index in [2.05, 4.69) is 34.4 Å². The van der Waals surface area contributed by atoms with Crippen molar-refractivity contribution in [3.63, 3.8) is 0 Å². The molecule has 1 aromatic carbocycles. The average molecular weight is 293 g/mol. The van der Waals surface area contributed by atoms with Crippen molar-refractivity contribution in [3.8, 4) is 5.75 Å². The van der Waals surface area contributed by atoms with Crippen molar-refractivity contribution in [2.75, 3.05) is 26.7 Å². The van der Waals surface area contributed by atoms with Crippen molar-refractivity contribution < 1.29 is 4.74 Å². The SMILES string of the molecule is CCCN(CC)CCn1c(=S)[nH]c2cc(OC)ccc21. The van der Waals surface area contributed by atoms with Gasteiger partial charge in [-0.2, -0.15) is 0 Å². The highest BCUT2D eigenvalue weighted by molar-refractivity contribution is 7.71. The van der Waals surface area contributed by atoms with E-state index in [0.717, 1.165) is 47.7 Å². The van der Waals surface area contributed by atoms with Gasteiger partial charge in [0, 0.05) is 19.2 Å². The summed E-state index contributed by atoms with van der Waals surface area (Å²) < 4.78 is 8.20. The molecular formula is C15H23N3OS. The molecule has 0 amide bonds. The molecule has 4 nitrogen and oxygen atoms in total. The molecule has 5 heteroatoms. The third kappa shape index (κ3) is 3.22. The number of benzene rings is 1. The number of rotatable bonds is 7. The molecule has 2 rings (SSSR count). The molecule has 0 fully saturated rings. The van der Waals surface area contributed by atoms with Crippen LogP contribution >= 0.6 is 12.2 Å². The fraction of sp³-hybridized carbons (Fsp3) is 0.533. The number of aromatic amines is 1. The van der Waals surface area contributed by atoms with Gasteiger partial charge in [0.05, 0.1) is 18.1 Å². The summed E-state index contributed by atoms with van der Waals surface area (Å²) in [5, 5.41) is 0. The zero-order chi connectivity index (χ0) is 14.5.